The number of fused-ring (bicyclic) bond motifs is 2. The van der Waals surface area contributed by atoms with E-state index in [1.807, 2.05) is 43.3 Å². The Morgan fingerprint density at radius 2 is 1.89 bits per heavy atom. The maximum atomic E-state index is 14.4. The first kappa shape index (κ1) is 31.8. The van der Waals surface area contributed by atoms with Crippen LogP contribution in [0.1, 0.15) is 43.9 Å². The quantitative estimate of drug-likeness (QED) is 0.0807. The van der Waals surface area contributed by atoms with E-state index < -0.39 is 22.5 Å². The molecule has 0 fully saturated rings. The van der Waals surface area contributed by atoms with Crippen LogP contribution in [-0.4, -0.2) is 39.1 Å². The smallest absolute Gasteiger partial charge is 0.338 e. The zero-order chi connectivity index (χ0) is 33.1. The van der Waals surface area contributed by atoms with Gasteiger partial charge in [0.05, 0.1) is 39.3 Å². The van der Waals surface area contributed by atoms with Gasteiger partial charge in [-0.3, -0.25) is 19.5 Å². The lowest BCUT2D eigenvalue weighted by Gasteiger charge is -2.28. The van der Waals surface area contributed by atoms with Crippen LogP contribution in [0.3, 0.4) is 0 Å². The highest BCUT2D eigenvalue weighted by atomic mass is 32.2. The highest BCUT2D eigenvalue weighted by molar-refractivity contribution is 7.99. The Bertz CT molecular complexity index is 2230. The molecule has 13 heteroatoms. The zero-order valence-corrected chi connectivity index (χ0v) is 27.3. The summed E-state index contributed by atoms with van der Waals surface area (Å²) in [6.45, 7) is 3.87. The molecule has 3 heterocycles. The lowest BCUT2D eigenvalue weighted by atomic mass is 9.90. The average molecular weight is 668 g/mol. The Balaban J connectivity index is 1.58. The molecule has 0 saturated heterocycles. The van der Waals surface area contributed by atoms with E-state index in [0.717, 1.165) is 33.9 Å². The number of nitro groups is 1. The van der Waals surface area contributed by atoms with Crippen LogP contribution in [0.5, 0.6) is 5.75 Å². The summed E-state index contributed by atoms with van der Waals surface area (Å²) in [5, 5.41) is 14.2. The number of benzene rings is 3. The summed E-state index contributed by atoms with van der Waals surface area (Å²) >= 11 is 2.24. The highest BCUT2D eigenvalue weighted by Crippen LogP contribution is 2.41. The van der Waals surface area contributed by atoms with Crippen LogP contribution in [0.4, 0.5) is 5.69 Å². The predicted molar refractivity (Wildman–Crippen MR) is 179 cm³/mol. The van der Waals surface area contributed by atoms with E-state index >= 15 is 0 Å². The molecule has 0 spiro atoms. The maximum absolute atomic E-state index is 14.4. The Morgan fingerprint density at radius 1 is 1.11 bits per heavy atom. The summed E-state index contributed by atoms with van der Waals surface area (Å²) in [5.41, 5.74) is 1.38. The summed E-state index contributed by atoms with van der Waals surface area (Å²) in [7, 11) is 1.55. The molecule has 6 rings (SSSR count). The summed E-state index contributed by atoms with van der Waals surface area (Å²) in [6, 6.07) is 17.0. The van der Waals surface area contributed by atoms with Crippen LogP contribution in [0.2, 0.25) is 0 Å². The van der Waals surface area contributed by atoms with Crippen molar-refractivity contribution in [3.05, 3.63) is 125 Å². The van der Waals surface area contributed by atoms with Gasteiger partial charge in [0.2, 0.25) is 0 Å². The number of allylic oxidation sites excluding steroid dienone is 1. The molecule has 0 radical (unpaired) electrons. The molecule has 0 aliphatic carbocycles. The highest BCUT2D eigenvalue weighted by Gasteiger charge is 2.37. The molecule has 47 heavy (non-hydrogen) atoms. The van der Waals surface area contributed by atoms with Crippen LogP contribution in [0.15, 0.2) is 104 Å². The molecule has 0 unspecified atom stereocenters. The lowest BCUT2D eigenvalue weighted by molar-refractivity contribution is -0.387. The topological polar surface area (TPSA) is 139 Å². The van der Waals surface area contributed by atoms with E-state index in [-0.39, 0.29) is 17.9 Å². The third kappa shape index (κ3) is 6.19. The summed E-state index contributed by atoms with van der Waals surface area (Å²) in [5.74, 6) is -0.0472. The Morgan fingerprint density at radius 3 is 2.62 bits per heavy atom. The molecule has 1 aliphatic rings. The number of carbonyl (C=O) groups excluding carboxylic acids is 1. The standard InChI is InChI=1S/C34H29N5O6S2/c1-4-9-23-29(32(41)45-5-2)30(28-22-11-7-6-10-21(22)13-14-25(28)44-3)38-31(40)27(47-34(38)37-23)19-20-12-15-26(24(18-20)39(42)43)46-33-35-16-8-17-36-33/h6-8,10-19,30H,4-5,9H2,1-3H3/b27-19+/t30-/m1/s1. The van der Waals surface area contributed by atoms with Crippen molar-refractivity contribution in [1.82, 2.24) is 14.5 Å². The minimum Gasteiger partial charge on any atom is -0.496 e. The number of esters is 1. The SMILES string of the molecule is CCCC1=C(C(=O)OCC)[C@@H](c2c(OC)ccc3ccccc23)n2c(s/c(=C/c3ccc(Sc4ncccn4)c([N+](=O)[O-])c3)c2=O)=N1. The number of rotatable bonds is 10. The van der Waals surface area contributed by atoms with Crippen molar-refractivity contribution in [1.29, 1.82) is 0 Å². The summed E-state index contributed by atoms with van der Waals surface area (Å²) in [4.78, 5) is 53.6. The van der Waals surface area contributed by atoms with Crippen molar-refractivity contribution in [2.45, 2.75) is 42.8 Å². The minimum absolute atomic E-state index is 0.142. The summed E-state index contributed by atoms with van der Waals surface area (Å²) < 4.78 is 13.2. The van der Waals surface area contributed by atoms with Gasteiger partial charge in [0, 0.05) is 24.0 Å². The van der Waals surface area contributed by atoms with E-state index in [1.54, 1.807) is 50.7 Å². The van der Waals surface area contributed by atoms with E-state index in [4.69, 9.17) is 14.5 Å². The molecule has 2 aromatic heterocycles. The third-order valence-electron chi connectivity index (χ3n) is 7.54. The molecule has 3 aromatic carbocycles. The van der Waals surface area contributed by atoms with Crippen LogP contribution in [0, 0.1) is 10.1 Å². The predicted octanol–water partition coefficient (Wildman–Crippen LogP) is 5.59. The van der Waals surface area contributed by atoms with E-state index in [9.17, 15) is 19.7 Å². The number of thiazole rings is 1. The first-order valence-electron chi connectivity index (χ1n) is 14.9. The molecule has 5 aromatic rings. The number of methoxy groups -OCH3 is 1. The van der Waals surface area contributed by atoms with E-state index in [2.05, 4.69) is 9.97 Å². The molecule has 238 valence electrons. The average Bonchev–Trinajstić information content (AvgIpc) is 3.38. The Labute approximate surface area is 277 Å². The molecule has 1 aliphatic heterocycles. The second-order valence-electron chi connectivity index (χ2n) is 10.4. The van der Waals surface area contributed by atoms with E-state index in [1.165, 1.54) is 10.6 Å². The van der Waals surface area contributed by atoms with Gasteiger partial charge in [-0.25, -0.2) is 19.8 Å². The normalized spacial score (nSPS) is 14.5. The fourth-order valence-corrected chi connectivity index (χ4v) is 7.39. The lowest BCUT2D eigenvalue weighted by Crippen LogP contribution is -2.40. The van der Waals surface area contributed by atoms with Crippen LogP contribution < -0.4 is 19.6 Å². The van der Waals surface area contributed by atoms with E-state index in [0.29, 0.717) is 54.8 Å². The number of aromatic nitrogens is 3. The van der Waals surface area contributed by atoms with Crippen molar-refractivity contribution in [2.75, 3.05) is 13.7 Å². The zero-order valence-electron chi connectivity index (χ0n) is 25.7. The van der Waals surface area contributed by atoms with Gasteiger partial charge in [-0.15, -0.1) is 0 Å². The number of hydrogen-bond acceptors (Lipinski definition) is 11. The molecular formula is C34H29N5O6S2. The molecular weight excluding hydrogens is 639 g/mol. The molecule has 1 atom stereocenters. The number of carbonyl (C=O) groups is 1. The van der Waals surface area contributed by atoms with Gasteiger partial charge in [-0.1, -0.05) is 61.1 Å². The number of nitrogens with zero attached hydrogens (tertiary/aromatic N) is 5. The summed E-state index contributed by atoms with van der Waals surface area (Å²) in [6.07, 6.45) is 5.93. The minimum atomic E-state index is -0.894. The maximum Gasteiger partial charge on any atom is 0.338 e. The molecule has 11 nitrogen and oxygen atoms in total. The monoisotopic (exact) mass is 667 g/mol. The number of hydrogen-bond donors (Lipinski definition) is 0. The Kier molecular flexibility index (Phi) is 9.27. The number of nitro benzene ring substituents is 1. The number of ether oxygens (including phenoxy) is 2. The van der Waals surface area contributed by atoms with Crippen molar-refractivity contribution >= 4 is 51.6 Å². The van der Waals surface area contributed by atoms with Crippen LogP contribution in [0.25, 0.3) is 16.8 Å². The van der Waals surface area contributed by atoms with Gasteiger partial charge in [-0.05, 0) is 65.7 Å². The van der Waals surface area contributed by atoms with Gasteiger partial charge in [-0.2, -0.15) is 0 Å². The fourth-order valence-electron chi connectivity index (χ4n) is 5.57. The van der Waals surface area contributed by atoms with Gasteiger partial charge in [0.1, 0.15) is 11.8 Å². The van der Waals surface area contributed by atoms with Gasteiger partial charge < -0.3 is 9.47 Å². The Hall–Kier alpha value is -5.14. The van der Waals surface area contributed by atoms with Crippen molar-refractivity contribution in [2.24, 2.45) is 4.99 Å². The molecule has 0 saturated carbocycles. The third-order valence-corrected chi connectivity index (χ3v) is 9.48. The second kappa shape index (κ2) is 13.7. The first-order valence-corrected chi connectivity index (χ1v) is 16.5. The van der Waals surface area contributed by atoms with Crippen LogP contribution in [-0.2, 0) is 9.53 Å². The van der Waals surface area contributed by atoms with Crippen molar-refractivity contribution in [3.63, 3.8) is 0 Å². The molecule has 0 bridgehead atoms. The second-order valence-corrected chi connectivity index (χ2v) is 12.5. The fraction of sp³-hybridized carbons (Fsp3) is 0.206. The van der Waals surface area contributed by atoms with Crippen molar-refractivity contribution < 1.29 is 19.2 Å². The molecule has 0 amide bonds. The van der Waals surface area contributed by atoms with Gasteiger partial charge in [0.25, 0.3) is 11.2 Å². The first-order chi connectivity index (χ1) is 22.8. The van der Waals surface area contributed by atoms with Gasteiger partial charge >= 0.3 is 5.97 Å². The van der Waals surface area contributed by atoms with Crippen molar-refractivity contribution in [3.8, 4) is 5.75 Å². The van der Waals surface area contributed by atoms with Crippen LogP contribution >= 0.6 is 23.1 Å². The molecule has 0 N–H and O–H groups in total. The van der Waals surface area contributed by atoms with Gasteiger partial charge in [0.15, 0.2) is 9.96 Å². The largest absolute Gasteiger partial charge is 0.496 e.